The zero-order chi connectivity index (χ0) is 19.4. The Bertz CT molecular complexity index is 776. The Balaban J connectivity index is 1.49. The van der Waals surface area contributed by atoms with Crippen LogP contribution in [-0.2, 0) is 25.5 Å². The second-order valence-corrected chi connectivity index (χ2v) is 6.72. The highest BCUT2D eigenvalue weighted by molar-refractivity contribution is 6.08. The van der Waals surface area contributed by atoms with E-state index in [1.165, 1.54) is 18.2 Å². The molecule has 2 N–H and O–H groups in total. The second kappa shape index (κ2) is 7.73. The van der Waals surface area contributed by atoms with Crippen LogP contribution in [0.2, 0.25) is 0 Å². The monoisotopic (exact) mass is 377 g/mol. The van der Waals surface area contributed by atoms with Crippen LogP contribution >= 0.6 is 0 Å². The number of hydrogen-bond acceptors (Lipinski definition) is 5. The standard InChI is InChI=1S/C18H20FN3O5/c19-13-6-4-5-12(9-13)10-15(24)27-11-14(23)21-22-16(25)18(20-17(22)26)7-2-1-3-8-18/h4-6,9H,1-3,7-8,10-11H2,(H,20,26)(H,21,23). The van der Waals surface area contributed by atoms with Gasteiger partial charge in [0.05, 0.1) is 6.42 Å². The van der Waals surface area contributed by atoms with Crippen molar-refractivity contribution in [2.75, 3.05) is 6.61 Å². The average Bonchev–Trinajstić information content (AvgIpc) is 2.85. The van der Waals surface area contributed by atoms with Crippen molar-refractivity contribution in [3.8, 4) is 0 Å². The van der Waals surface area contributed by atoms with E-state index in [9.17, 15) is 23.6 Å². The minimum Gasteiger partial charge on any atom is -0.455 e. The minimum absolute atomic E-state index is 0.197. The Morgan fingerprint density at radius 3 is 2.67 bits per heavy atom. The molecule has 1 heterocycles. The van der Waals surface area contributed by atoms with Gasteiger partial charge in [0.1, 0.15) is 11.4 Å². The van der Waals surface area contributed by atoms with Crippen LogP contribution in [0, 0.1) is 5.82 Å². The lowest BCUT2D eigenvalue weighted by Gasteiger charge is -2.30. The molecule has 0 radical (unpaired) electrons. The van der Waals surface area contributed by atoms with E-state index in [-0.39, 0.29) is 6.42 Å². The van der Waals surface area contributed by atoms with Crippen molar-refractivity contribution in [1.82, 2.24) is 15.8 Å². The number of ether oxygens (including phenoxy) is 1. The number of esters is 1. The average molecular weight is 377 g/mol. The topological polar surface area (TPSA) is 105 Å². The van der Waals surface area contributed by atoms with Gasteiger partial charge in [-0.1, -0.05) is 31.4 Å². The van der Waals surface area contributed by atoms with Crippen molar-refractivity contribution in [1.29, 1.82) is 0 Å². The summed E-state index contributed by atoms with van der Waals surface area (Å²) in [5.41, 5.74) is 1.64. The molecule has 3 rings (SSSR count). The van der Waals surface area contributed by atoms with Crippen LogP contribution in [0.1, 0.15) is 37.7 Å². The Hall–Kier alpha value is -2.97. The van der Waals surface area contributed by atoms with Gasteiger partial charge in [-0.3, -0.25) is 19.8 Å². The molecule has 8 nitrogen and oxygen atoms in total. The van der Waals surface area contributed by atoms with E-state index >= 15 is 0 Å². The van der Waals surface area contributed by atoms with Crippen molar-refractivity contribution in [3.05, 3.63) is 35.6 Å². The van der Waals surface area contributed by atoms with Gasteiger partial charge in [-0.2, -0.15) is 5.01 Å². The fourth-order valence-electron chi connectivity index (χ4n) is 3.38. The Morgan fingerprint density at radius 2 is 1.96 bits per heavy atom. The number of halogens is 1. The molecule has 1 saturated heterocycles. The van der Waals surface area contributed by atoms with E-state index in [4.69, 9.17) is 4.74 Å². The smallest absolute Gasteiger partial charge is 0.344 e. The van der Waals surface area contributed by atoms with E-state index in [2.05, 4.69) is 10.7 Å². The normalized spacial score (nSPS) is 18.3. The predicted molar refractivity (Wildman–Crippen MR) is 90.4 cm³/mol. The van der Waals surface area contributed by atoms with Gasteiger partial charge in [0.15, 0.2) is 6.61 Å². The van der Waals surface area contributed by atoms with Gasteiger partial charge in [-0.25, -0.2) is 9.18 Å². The Labute approximate surface area is 155 Å². The summed E-state index contributed by atoms with van der Waals surface area (Å²) in [5.74, 6) is -2.50. The molecule has 2 aliphatic rings. The molecule has 0 unspecified atom stereocenters. The molecule has 0 bridgehead atoms. The Kier molecular flexibility index (Phi) is 5.38. The van der Waals surface area contributed by atoms with Crippen molar-refractivity contribution in [2.45, 2.75) is 44.1 Å². The van der Waals surface area contributed by atoms with E-state index in [1.54, 1.807) is 6.07 Å². The summed E-state index contributed by atoms with van der Waals surface area (Å²) >= 11 is 0. The fraction of sp³-hybridized carbons (Fsp3) is 0.444. The zero-order valence-corrected chi connectivity index (χ0v) is 14.6. The predicted octanol–water partition coefficient (Wildman–Crippen LogP) is 1.20. The molecule has 1 spiro atoms. The highest BCUT2D eigenvalue weighted by atomic mass is 19.1. The third-order valence-corrected chi connectivity index (χ3v) is 4.71. The summed E-state index contributed by atoms with van der Waals surface area (Å²) < 4.78 is 17.9. The third kappa shape index (κ3) is 4.24. The van der Waals surface area contributed by atoms with Crippen molar-refractivity contribution in [2.24, 2.45) is 0 Å². The van der Waals surface area contributed by atoms with Gasteiger partial charge < -0.3 is 10.1 Å². The number of imide groups is 1. The lowest BCUT2D eigenvalue weighted by Crippen LogP contribution is -2.51. The van der Waals surface area contributed by atoms with E-state index in [0.717, 1.165) is 19.3 Å². The molecule has 27 heavy (non-hydrogen) atoms. The number of hydrogen-bond donors (Lipinski definition) is 2. The maximum absolute atomic E-state index is 13.1. The zero-order valence-electron chi connectivity index (χ0n) is 14.6. The first kappa shape index (κ1) is 18.8. The maximum atomic E-state index is 13.1. The van der Waals surface area contributed by atoms with Crippen molar-refractivity contribution < 1.29 is 28.3 Å². The molecule has 1 aromatic carbocycles. The third-order valence-electron chi connectivity index (χ3n) is 4.71. The van der Waals surface area contributed by atoms with Gasteiger partial charge in [0.2, 0.25) is 0 Å². The Morgan fingerprint density at radius 1 is 1.22 bits per heavy atom. The van der Waals surface area contributed by atoms with Gasteiger partial charge >= 0.3 is 12.0 Å². The van der Waals surface area contributed by atoms with Crippen LogP contribution in [0.5, 0.6) is 0 Å². The number of hydrazine groups is 1. The van der Waals surface area contributed by atoms with Crippen LogP contribution in [0.4, 0.5) is 9.18 Å². The van der Waals surface area contributed by atoms with Crippen LogP contribution in [0.25, 0.3) is 0 Å². The van der Waals surface area contributed by atoms with Crippen molar-refractivity contribution >= 4 is 23.8 Å². The first-order valence-corrected chi connectivity index (χ1v) is 8.76. The number of carbonyl (C=O) groups is 4. The first-order chi connectivity index (χ1) is 12.9. The molecule has 1 aliphatic carbocycles. The number of amides is 4. The number of urea groups is 1. The molecular formula is C18H20FN3O5. The van der Waals surface area contributed by atoms with Crippen LogP contribution in [0.3, 0.4) is 0 Å². The second-order valence-electron chi connectivity index (χ2n) is 6.72. The van der Waals surface area contributed by atoms with Gasteiger partial charge in [0.25, 0.3) is 11.8 Å². The maximum Gasteiger partial charge on any atom is 0.344 e. The van der Waals surface area contributed by atoms with Crippen LogP contribution < -0.4 is 10.7 Å². The number of nitrogens with one attached hydrogen (secondary N) is 2. The molecule has 9 heteroatoms. The molecular weight excluding hydrogens is 357 g/mol. The van der Waals surface area contributed by atoms with Gasteiger partial charge in [-0.05, 0) is 30.5 Å². The molecule has 0 aromatic heterocycles. The first-order valence-electron chi connectivity index (χ1n) is 8.76. The van der Waals surface area contributed by atoms with Crippen molar-refractivity contribution in [3.63, 3.8) is 0 Å². The minimum atomic E-state index is -0.948. The molecule has 1 aromatic rings. The molecule has 2 fully saturated rings. The summed E-state index contributed by atoms with van der Waals surface area (Å²) in [4.78, 5) is 48.3. The summed E-state index contributed by atoms with van der Waals surface area (Å²) in [6, 6.07) is 4.77. The van der Waals surface area contributed by atoms with Gasteiger partial charge in [0, 0.05) is 0 Å². The van der Waals surface area contributed by atoms with Crippen LogP contribution in [0.15, 0.2) is 24.3 Å². The highest BCUT2D eigenvalue weighted by Crippen LogP contribution is 2.32. The number of carbonyl (C=O) groups excluding carboxylic acids is 4. The lowest BCUT2D eigenvalue weighted by molar-refractivity contribution is -0.150. The highest BCUT2D eigenvalue weighted by Gasteiger charge is 2.52. The fourth-order valence-corrected chi connectivity index (χ4v) is 3.38. The number of nitrogens with zero attached hydrogens (tertiary/aromatic N) is 1. The summed E-state index contributed by atoms with van der Waals surface area (Å²) in [6.45, 7) is -0.655. The van der Waals surface area contributed by atoms with Crippen LogP contribution in [-0.4, -0.2) is 41.0 Å². The molecule has 4 amide bonds. The molecule has 0 atom stereocenters. The largest absolute Gasteiger partial charge is 0.455 e. The van der Waals surface area contributed by atoms with Gasteiger partial charge in [-0.15, -0.1) is 0 Å². The van der Waals surface area contributed by atoms with E-state index < -0.39 is 41.8 Å². The van der Waals surface area contributed by atoms with E-state index in [1.807, 2.05) is 0 Å². The number of rotatable bonds is 5. The lowest BCUT2D eigenvalue weighted by atomic mass is 9.82. The summed E-state index contributed by atoms with van der Waals surface area (Å²) in [6.07, 6.45) is 3.52. The summed E-state index contributed by atoms with van der Waals surface area (Å²) in [7, 11) is 0. The molecule has 1 saturated carbocycles. The quantitative estimate of drug-likeness (QED) is 0.593. The van der Waals surface area contributed by atoms with E-state index in [0.29, 0.717) is 23.4 Å². The number of benzene rings is 1. The molecule has 1 aliphatic heterocycles. The SMILES string of the molecule is O=C(COC(=O)Cc1cccc(F)c1)NN1C(=O)NC2(CCCCC2)C1=O. The molecule has 144 valence electrons. The summed E-state index contributed by atoms with van der Waals surface area (Å²) in [5, 5.41) is 3.30.